The summed E-state index contributed by atoms with van der Waals surface area (Å²) in [7, 11) is 0. The molecule has 0 amide bonds. The van der Waals surface area contributed by atoms with Crippen molar-refractivity contribution in [1.29, 1.82) is 0 Å². The van der Waals surface area contributed by atoms with E-state index in [0.29, 0.717) is 23.3 Å². The second-order valence-electron chi connectivity index (χ2n) is 17.8. The molecule has 328 valence electrons. The van der Waals surface area contributed by atoms with Crippen LogP contribution in [0.3, 0.4) is 0 Å². The number of aryl methyl sites for hydroxylation is 3. The van der Waals surface area contributed by atoms with Gasteiger partial charge in [-0.15, -0.1) is 46.6 Å². The summed E-state index contributed by atoms with van der Waals surface area (Å²) in [6.07, 6.45) is 3.91. The van der Waals surface area contributed by atoms with Crippen LogP contribution in [0.15, 0.2) is 170 Å². The van der Waals surface area contributed by atoms with Crippen LogP contribution in [-0.4, -0.2) is 20.0 Å². The number of aromatic nitrogens is 4. The third-order valence-corrected chi connectivity index (χ3v) is 12.7. The Bertz CT molecular complexity index is 3100. The molecule has 10 rings (SSSR count). The number of anilines is 3. The van der Waals surface area contributed by atoms with Crippen molar-refractivity contribution in [2.75, 3.05) is 4.90 Å². The van der Waals surface area contributed by atoms with Gasteiger partial charge in [0.05, 0.1) is 28.7 Å². The maximum absolute atomic E-state index is 6.97. The molecule has 7 aromatic carbocycles. The van der Waals surface area contributed by atoms with Crippen molar-refractivity contribution < 1.29 is 25.8 Å². The van der Waals surface area contributed by atoms with Crippen molar-refractivity contribution in [3.8, 4) is 39.6 Å². The third kappa shape index (κ3) is 7.77. The van der Waals surface area contributed by atoms with Gasteiger partial charge in [-0.1, -0.05) is 129 Å². The molecule has 0 spiro atoms. The standard InChI is InChI=1S/C59H51N5O.Pt/c1-38(2)49-23-18-24-50(39(3)4)58(49)53-37-63(62-61-53)46-33-43(57-41(6)31-40(5)32-42(57)7)34-48(36-46)65-47-22-17-19-44(35-47)59(56-29-15-16-30-60-56)51-25-11-13-27-54(51)64(45-20-9-8-10-21-45)55-28-14-12-26-52(55)59;/h8-34,37-39H,1-7H3;/q-2;+2. The Labute approximate surface area is 403 Å². The van der Waals surface area contributed by atoms with Crippen molar-refractivity contribution in [2.24, 2.45) is 0 Å². The summed E-state index contributed by atoms with van der Waals surface area (Å²) in [4.78, 5) is 7.48. The summed E-state index contributed by atoms with van der Waals surface area (Å²) in [6.45, 7) is 15.4. The number of nitrogens with zero attached hydrogens (tertiary/aromatic N) is 5. The Morgan fingerprint density at radius 3 is 1.85 bits per heavy atom. The van der Waals surface area contributed by atoms with Gasteiger partial charge in [0.2, 0.25) is 0 Å². The van der Waals surface area contributed by atoms with Crippen LogP contribution in [0.5, 0.6) is 11.5 Å². The SMILES string of the molecule is Cc1cc(C)c(-c2cc(Oc3[c-]c(C4(c5ccccn5)c5ccccc5N(c5ccccc5)c5ccccc54)ccc3)[c-]c(-n3cc(-c4c(C(C)C)cccc4C(C)C)nn3)c2)c(C)c1.[Pt+2]. The molecule has 0 N–H and O–H groups in total. The zero-order chi connectivity index (χ0) is 44.8. The number of hydrogen-bond acceptors (Lipinski definition) is 5. The minimum Gasteiger partial charge on any atom is -0.509 e. The van der Waals surface area contributed by atoms with Crippen LogP contribution in [0.4, 0.5) is 17.1 Å². The van der Waals surface area contributed by atoms with Gasteiger partial charge < -0.3 is 9.64 Å². The summed E-state index contributed by atoms with van der Waals surface area (Å²) >= 11 is 0. The van der Waals surface area contributed by atoms with E-state index in [2.05, 4.69) is 211 Å². The van der Waals surface area contributed by atoms with Gasteiger partial charge >= 0.3 is 21.1 Å². The second-order valence-corrected chi connectivity index (χ2v) is 17.8. The summed E-state index contributed by atoms with van der Waals surface area (Å²) in [5, 5.41) is 9.56. The topological polar surface area (TPSA) is 56.1 Å². The fraction of sp³-hybridized carbons (Fsp3) is 0.169. The van der Waals surface area contributed by atoms with E-state index in [9.17, 15) is 0 Å². The average Bonchev–Trinajstić information content (AvgIpc) is 3.81. The van der Waals surface area contributed by atoms with Crippen molar-refractivity contribution in [2.45, 2.75) is 65.7 Å². The maximum Gasteiger partial charge on any atom is 2.00 e. The van der Waals surface area contributed by atoms with Crippen LogP contribution in [0.25, 0.3) is 28.1 Å². The molecule has 0 atom stereocenters. The quantitative estimate of drug-likeness (QED) is 0.128. The normalized spacial score (nSPS) is 12.7. The molecule has 1 aliphatic heterocycles. The average molecular weight is 1040 g/mol. The van der Waals surface area contributed by atoms with Gasteiger partial charge in [0.25, 0.3) is 0 Å². The number of ether oxygens (including phenoxy) is 1. The van der Waals surface area contributed by atoms with Crippen LogP contribution in [-0.2, 0) is 26.5 Å². The smallest absolute Gasteiger partial charge is 0.509 e. The molecule has 0 radical (unpaired) electrons. The van der Waals surface area contributed by atoms with Crippen LogP contribution in [0.2, 0.25) is 0 Å². The van der Waals surface area contributed by atoms with Gasteiger partial charge in [0, 0.05) is 28.9 Å². The molecule has 0 saturated heterocycles. The van der Waals surface area contributed by atoms with Gasteiger partial charge in [0.15, 0.2) is 0 Å². The molecule has 1 aliphatic rings. The monoisotopic (exact) mass is 1040 g/mol. The number of para-hydroxylation sites is 3. The minimum absolute atomic E-state index is 0. The first-order valence-electron chi connectivity index (χ1n) is 22.5. The molecular weight excluding hydrogens is 990 g/mol. The Kier molecular flexibility index (Phi) is 12.2. The molecular formula is C59H51N5OPt. The first-order chi connectivity index (χ1) is 31.6. The van der Waals surface area contributed by atoms with Gasteiger partial charge in [-0.2, -0.15) is 12.1 Å². The molecule has 6 nitrogen and oxygen atoms in total. The van der Waals surface area contributed by atoms with Crippen LogP contribution in [0, 0.1) is 32.9 Å². The molecule has 3 heterocycles. The van der Waals surface area contributed by atoms with E-state index in [-0.39, 0.29) is 21.1 Å². The fourth-order valence-corrected chi connectivity index (χ4v) is 10.1. The van der Waals surface area contributed by atoms with Gasteiger partial charge in [-0.25, -0.2) is 4.68 Å². The first kappa shape index (κ1) is 44.3. The van der Waals surface area contributed by atoms with Gasteiger partial charge in [-0.3, -0.25) is 4.98 Å². The fourth-order valence-electron chi connectivity index (χ4n) is 10.1. The summed E-state index contributed by atoms with van der Waals surface area (Å²) in [5.41, 5.74) is 17.3. The predicted octanol–water partition coefficient (Wildman–Crippen LogP) is 14.7. The van der Waals surface area contributed by atoms with Crippen LogP contribution in [0.1, 0.15) is 89.7 Å². The molecule has 0 fully saturated rings. The second kappa shape index (κ2) is 18.2. The van der Waals surface area contributed by atoms with E-state index in [1.807, 2.05) is 29.2 Å². The molecule has 9 aromatic rings. The number of hydrogen-bond donors (Lipinski definition) is 0. The molecule has 66 heavy (non-hydrogen) atoms. The van der Waals surface area contributed by atoms with E-state index in [0.717, 1.165) is 67.5 Å². The van der Waals surface area contributed by atoms with Crippen LogP contribution >= 0.6 is 0 Å². The zero-order valence-electron chi connectivity index (χ0n) is 38.3. The van der Waals surface area contributed by atoms with Crippen molar-refractivity contribution >= 4 is 17.1 Å². The third-order valence-electron chi connectivity index (χ3n) is 12.7. The summed E-state index contributed by atoms with van der Waals surface area (Å²) < 4.78 is 8.80. The van der Waals surface area contributed by atoms with E-state index < -0.39 is 5.41 Å². The Balaban J connectivity index is 0.00000548. The predicted molar refractivity (Wildman–Crippen MR) is 263 cm³/mol. The molecule has 0 saturated carbocycles. The van der Waals surface area contributed by atoms with E-state index >= 15 is 0 Å². The van der Waals surface area contributed by atoms with Crippen LogP contribution < -0.4 is 9.64 Å². The largest absolute Gasteiger partial charge is 2.00 e. The van der Waals surface area contributed by atoms with Crippen molar-refractivity contribution in [3.63, 3.8) is 0 Å². The van der Waals surface area contributed by atoms with E-state index in [4.69, 9.17) is 20.0 Å². The molecule has 7 heteroatoms. The summed E-state index contributed by atoms with van der Waals surface area (Å²) in [6, 6.07) is 62.9. The molecule has 0 unspecified atom stereocenters. The Hall–Kier alpha value is -6.88. The first-order valence-corrected chi connectivity index (χ1v) is 22.5. The molecule has 0 bridgehead atoms. The minimum atomic E-state index is -0.843. The summed E-state index contributed by atoms with van der Waals surface area (Å²) in [5.74, 6) is 1.73. The Morgan fingerprint density at radius 1 is 0.591 bits per heavy atom. The zero-order valence-corrected chi connectivity index (χ0v) is 40.6. The van der Waals surface area contributed by atoms with Gasteiger partial charge in [0.1, 0.15) is 5.69 Å². The van der Waals surface area contributed by atoms with Gasteiger partial charge in [-0.05, 0) is 114 Å². The van der Waals surface area contributed by atoms with E-state index in [1.165, 1.54) is 27.8 Å². The Morgan fingerprint density at radius 2 is 1.21 bits per heavy atom. The molecule has 0 aliphatic carbocycles. The number of rotatable bonds is 10. The van der Waals surface area contributed by atoms with E-state index in [1.54, 1.807) is 0 Å². The molecule has 2 aromatic heterocycles. The number of benzene rings is 7. The maximum atomic E-state index is 6.97. The van der Waals surface area contributed by atoms with Crippen molar-refractivity contribution in [3.05, 3.63) is 232 Å². The van der Waals surface area contributed by atoms with Crippen molar-refractivity contribution in [1.82, 2.24) is 20.0 Å². The number of fused-ring (bicyclic) bond motifs is 2. The number of pyridine rings is 1.